The van der Waals surface area contributed by atoms with Gasteiger partial charge in [-0.15, -0.1) is 0 Å². The molecule has 0 aliphatic rings. The predicted molar refractivity (Wildman–Crippen MR) is 79.4 cm³/mol. The average molecular weight is 286 g/mol. The second-order valence-electron chi connectivity index (χ2n) is 4.23. The van der Waals surface area contributed by atoms with E-state index in [9.17, 15) is 4.79 Å². The minimum Gasteiger partial charge on any atom is -0.398 e. The number of nitriles is 1. The Kier molecular flexibility index (Phi) is 4.24. The van der Waals surface area contributed by atoms with Crippen LogP contribution >= 0.6 is 11.6 Å². The lowest BCUT2D eigenvalue weighted by molar-refractivity contribution is -0.115. The van der Waals surface area contributed by atoms with Gasteiger partial charge in [-0.05, 0) is 29.8 Å². The fourth-order valence-electron chi connectivity index (χ4n) is 1.75. The zero-order chi connectivity index (χ0) is 14.5. The molecule has 0 aliphatic heterocycles. The van der Waals surface area contributed by atoms with Gasteiger partial charge in [0.2, 0.25) is 5.91 Å². The van der Waals surface area contributed by atoms with Gasteiger partial charge in [-0.1, -0.05) is 29.8 Å². The van der Waals surface area contributed by atoms with Crippen molar-refractivity contribution < 1.29 is 4.79 Å². The van der Waals surface area contributed by atoms with Crippen LogP contribution in [0.5, 0.6) is 0 Å². The predicted octanol–water partition coefficient (Wildman–Crippen LogP) is 2.98. The van der Waals surface area contributed by atoms with Crippen LogP contribution in [-0.2, 0) is 11.2 Å². The molecule has 4 nitrogen and oxygen atoms in total. The molecule has 0 atom stereocenters. The van der Waals surface area contributed by atoms with Gasteiger partial charge >= 0.3 is 0 Å². The third-order valence-corrected chi connectivity index (χ3v) is 3.11. The van der Waals surface area contributed by atoms with E-state index in [1.807, 2.05) is 18.2 Å². The molecule has 0 saturated heterocycles. The Morgan fingerprint density at radius 3 is 2.75 bits per heavy atom. The van der Waals surface area contributed by atoms with Gasteiger partial charge in [-0.3, -0.25) is 4.79 Å². The highest BCUT2D eigenvalue weighted by molar-refractivity contribution is 6.33. The largest absolute Gasteiger partial charge is 0.398 e. The zero-order valence-electron chi connectivity index (χ0n) is 10.6. The van der Waals surface area contributed by atoms with E-state index < -0.39 is 0 Å². The lowest BCUT2D eigenvalue weighted by Gasteiger charge is -2.09. The third-order valence-electron chi connectivity index (χ3n) is 2.78. The first-order chi connectivity index (χ1) is 9.60. The molecule has 0 aliphatic carbocycles. The molecule has 0 saturated carbocycles. The van der Waals surface area contributed by atoms with E-state index in [4.69, 9.17) is 22.6 Å². The van der Waals surface area contributed by atoms with Crippen LogP contribution in [-0.4, -0.2) is 5.91 Å². The number of anilines is 2. The van der Waals surface area contributed by atoms with Crippen LogP contribution in [0.15, 0.2) is 42.5 Å². The second-order valence-corrected chi connectivity index (χ2v) is 4.64. The summed E-state index contributed by atoms with van der Waals surface area (Å²) in [6.07, 6.45) is 0.153. The Hall–Kier alpha value is -2.51. The smallest absolute Gasteiger partial charge is 0.228 e. The number of carbonyl (C=O) groups is 1. The Morgan fingerprint density at radius 2 is 2.05 bits per heavy atom. The number of hydrogen-bond donors (Lipinski definition) is 2. The molecule has 2 rings (SSSR count). The molecule has 0 heterocycles. The van der Waals surface area contributed by atoms with Crippen molar-refractivity contribution in [2.24, 2.45) is 0 Å². The Bertz CT molecular complexity index is 692. The number of benzene rings is 2. The summed E-state index contributed by atoms with van der Waals surface area (Å²) >= 11 is 5.98. The zero-order valence-corrected chi connectivity index (χ0v) is 11.3. The molecule has 3 N–H and O–H groups in total. The van der Waals surface area contributed by atoms with Gasteiger partial charge in [0.15, 0.2) is 0 Å². The summed E-state index contributed by atoms with van der Waals surface area (Å²) < 4.78 is 0. The van der Waals surface area contributed by atoms with Crippen molar-refractivity contribution in [3.63, 3.8) is 0 Å². The first-order valence-corrected chi connectivity index (χ1v) is 6.31. The molecule has 5 heteroatoms. The normalized spacial score (nSPS) is 9.80. The number of halogens is 1. The van der Waals surface area contributed by atoms with E-state index in [2.05, 4.69) is 5.32 Å². The molecular formula is C15H12ClN3O. The summed E-state index contributed by atoms with van der Waals surface area (Å²) in [4.78, 5) is 12.0. The van der Waals surface area contributed by atoms with Gasteiger partial charge in [0.05, 0.1) is 28.8 Å². The Labute approximate surface area is 121 Å². The van der Waals surface area contributed by atoms with Crippen molar-refractivity contribution in [3.8, 4) is 6.07 Å². The number of nitrogens with one attached hydrogen (secondary N) is 1. The molecule has 0 unspecified atom stereocenters. The number of hydrogen-bond acceptors (Lipinski definition) is 3. The summed E-state index contributed by atoms with van der Waals surface area (Å²) in [6.45, 7) is 0. The highest BCUT2D eigenvalue weighted by Crippen LogP contribution is 2.23. The summed E-state index contributed by atoms with van der Waals surface area (Å²) in [5, 5.41) is 11.9. The monoisotopic (exact) mass is 285 g/mol. The number of para-hydroxylation sites is 1. The lowest BCUT2D eigenvalue weighted by Crippen LogP contribution is -2.15. The molecule has 2 aromatic carbocycles. The van der Waals surface area contributed by atoms with Crippen LogP contribution < -0.4 is 11.1 Å². The number of amides is 1. The molecule has 0 bridgehead atoms. The van der Waals surface area contributed by atoms with Crippen molar-refractivity contribution in [2.45, 2.75) is 6.42 Å². The SMILES string of the molecule is N#Cc1ccc(Cl)c(NC(=O)Cc2ccccc2N)c1. The topological polar surface area (TPSA) is 78.9 Å². The van der Waals surface area contributed by atoms with E-state index >= 15 is 0 Å². The summed E-state index contributed by atoms with van der Waals surface area (Å²) in [7, 11) is 0. The maximum absolute atomic E-state index is 12.0. The molecule has 20 heavy (non-hydrogen) atoms. The quantitative estimate of drug-likeness (QED) is 0.851. The van der Waals surface area contributed by atoms with E-state index in [1.165, 1.54) is 6.07 Å². The fourth-order valence-corrected chi connectivity index (χ4v) is 1.92. The lowest BCUT2D eigenvalue weighted by atomic mass is 10.1. The number of carbonyl (C=O) groups excluding carboxylic acids is 1. The summed E-state index contributed by atoms with van der Waals surface area (Å²) in [6, 6.07) is 13.9. The van der Waals surface area contributed by atoms with Crippen LogP contribution in [0, 0.1) is 11.3 Å². The molecule has 0 fully saturated rings. The summed E-state index contributed by atoms with van der Waals surface area (Å²) in [5.74, 6) is -0.236. The van der Waals surface area contributed by atoms with Gasteiger partial charge in [0.1, 0.15) is 0 Å². The highest BCUT2D eigenvalue weighted by atomic mass is 35.5. The Balaban J connectivity index is 2.13. The molecule has 2 aromatic rings. The maximum atomic E-state index is 12.0. The minimum atomic E-state index is -0.236. The molecule has 100 valence electrons. The van der Waals surface area contributed by atoms with Gasteiger partial charge in [-0.25, -0.2) is 0 Å². The van der Waals surface area contributed by atoms with Crippen molar-refractivity contribution in [2.75, 3.05) is 11.1 Å². The number of nitrogens with two attached hydrogens (primary N) is 1. The van der Waals surface area contributed by atoms with Crippen LogP contribution in [0.4, 0.5) is 11.4 Å². The van der Waals surface area contributed by atoms with Crippen LogP contribution in [0.3, 0.4) is 0 Å². The van der Waals surface area contributed by atoms with Crippen LogP contribution in [0.1, 0.15) is 11.1 Å². The average Bonchev–Trinajstić information content (AvgIpc) is 2.44. The van der Waals surface area contributed by atoms with Crippen LogP contribution in [0.2, 0.25) is 5.02 Å². The number of rotatable bonds is 3. The molecular weight excluding hydrogens is 274 g/mol. The molecule has 0 aromatic heterocycles. The van der Waals surface area contributed by atoms with Crippen molar-refractivity contribution in [1.29, 1.82) is 5.26 Å². The second kappa shape index (κ2) is 6.09. The molecule has 0 spiro atoms. The van der Waals surface area contributed by atoms with Gasteiger partial charge in [0.25, 0.3) is 0 Å². The van der Waals surface area contributed by atoms with Gasteiger partial charge in [0, 0.05) is 5.69 Å². The molecule has 0 radical (unpaired) electrons. The third kappa shape index (κ3) is 3.28. The van der Waals surface area contributed by atoms with Gasteiger partial charge < -0.3 is 11.1 Å². The standard InChI is InChI=1S/C15H12ClN3O/c16-12-6-5-10(9-17)7-14(12)19-15(20)8-11-3-1-2-4-13(11)18/h1-7H,8,18H2,(H,19,20). The number of nitrogen functional groups attached to an aromatic ring is 1. The van der Waals surface area contributed by atoms with E-state index in [1.54, 1.807) is 24.3 Å². The molecule has 1 amide bonds. The van der Waals surface area contributed by atoms with E-state index in [0.717, 1.165) is 5.56 Å². The minimum absolute atomic E-state index is 0.153. The first-order valence-electron chi connectivity index (χ1n) is 5.93. The highest BCUT2D eigenvalue weighted by Gasteiger charge is 2.09. The van der Waals surface area contributed by atoms with Gasteiger partial charge in [-0.2, -0.15) is 5.26 Å². The maximum Gasteiger partial charge on any atom is 0.228 e. The fraction of sp³-hybridized carbons (Fsp3) is 0.0667. The van der Waals surface area contributed by atoms with E-state index in [0.29, 0.717) is 22.0 Å². The van der Waals surface area contributed by atoms with Crippen molar-refractivity contribution >= 4 is 28.9 Å². The van der Waals surface area contributed by atoms with E-state index in [-0.39, 0.29) is 12.3 Å². The summed E-state index contributed by atoms with van der Waals surface area (Å²) in [5.41, 5.74) is 7.96. The Morgan fingerprint density at radius 1 is 1.30 bits per heavy atom. The first kappa shape index (κ1) is 13.9. The number of nitrogens with zero attached hydrogens (tertiary/aromatic N) is 1. The van der Waals surface area contributed by atoms with Crippen molar-refractivity contribution in [1.82, 2.24) is 0 Å². The van der Waals surface area contributed by atoms with Crippen molar-refractivity contribution in [3.05, 3.63) is 58.6 Å². The van der Waals surface area contributed by atoms with Crippen LogP contribution in [0.25, 0.3) is 0 Å².